The predicted molar refractivity (Wildman–Crippen MR) is 76.5 cm³/mol. The molecule has 1 atom stereocenters. The number of halogens is 1. The highest BCUT2D eigenvalue weighted by atomic mass is 35.5. The molecule has 1 aliphatic heterocycles. The molecule has 0 bridgehead atoms. The van der Waals surface area contributed by atoms with E-state index in [1.165, 1.54) is 5.56 Å². The van der Waals surface area contributed by atoms with E-state index in [1.807, 2.05) is 37.3 Å². The Morgan fingerprint density at radius 3 is 2.53 bits per heavy atom. The lowest BCUT2D eigenvalue weighted by molar-refractivity contribution is 0.0935. The van der Waals surface area contributed by atoms with Gasteiger partial charge >= 0.3 is 0 Å². The van der Waals surface area contributed by atoms with E-state index in [2.05, 4.69) is 10.6 Å². The Bertz CT molecular complexity index is 637. The quantitative estimate of drug-likeness (QED) is 0.834. The van der Waals surface area contributed by atoms with Gasteiger partial charge in [-0.15, -0.1) is 0 Å². The second-order valence-corrected chi connectivity index (χ2v) is 5.09. The number of hydrogen-bond acceptors (Lipinski definition) is 2. The standard InChI is InChI=1S/C15H13ClN2O/c1-9-2-4-10(5-3-9)14-17-13-7-6-11(16)8-12(13)15(19)18-14/h2-8,14,17H,1H3,(H,18,19). The third-order valence-electron chi connectivity index (χ3n) is 3.21. The fourth-order valence-electron chi connectivity index (χ4n) is 2.16. The summed E-state index contributed by atoms with van der Waals surface area (Å²) in [6, 6.07) is 13.4. The molecule has 0 saturated carbocycles. The number of anilines is 1. The van der Waals surface area contributed by atoms with Gasteiger partial charge in [-0.2, -0.15) is 0 Å². The van der Waals surface area contributed by atoms with Crippen LogP contribution in [0.3, 0.4) is 0 Å². The number of carbonyl (C=O) groups is 1. The number of carbonyl (C=O) groups excluding carboxylic acids is 1. The van der Waals surface area contributed by atoms with E-state index in [4.69, 9.17) is 11.6 Å². The minimum Gasteiger partial charge on any atom is -0.361 e. The first-order valence-electron chi connectivity index (χ1n) is 6.07. The Labute approximate surface area is 116 Å². The fourth-order valence-corrected chi connectivity index (χ4v) is 2.33. The Balaban J connectivity index is 1.95. The number of fused-ring (bicyclic) bond motifs is 1. The van der Waals surface area contributed by atoms with Crippen molar-refractivity contribution >= 4 is 23.2 Å². The van der Waals surface area contributed by atoms with Crippen LogP contribution in [0.5, 0.6) is 0 Å². The first-order chi connectivity index (χ1) is 9.13. The average Bonchev–Trinajstić information content (AvgIpc) is 2.40. The zero-order chi connectivity index (χ0) is 13.4. The Kier molecular flexibility index (Phi) is 2.91. The molecule has 0 aromatic heterocycles. The maximum atomic E-state index is 12.1. The first kappa shape index (κ1) is 12.1. The molecule has 0 fully saturated rings. The lowest BCUT2D eigenvalue weighted by Crippen LogP contribution is -2.38. The maximum absolute atomic E-state index is 12.1. The zero-order valence-electron chi connectivity index (χ0n) is 10.4. The highest BCUT2D eigenvalue weighted by Crippen LogP contribution is 2.28. The van der Waals surface area contributed by atoms with Gasteiger partial charge in [-0.25, -0.2) is 0 Å². The molecule has 2 N–H and O–H groups in total. The van der Waals surface area contributed by atoms with Crippen LogP contribution in [-0.2, 0) is 0 Å². The smallest absolute Gasteiger partial charge is 0.255 e. The average molecular weight is 273 g/mol. The maximum Gasteiger partial charge on any atom is 0.255 e. The van der Waals surface area contributed by atoms with Gasteiger partial charge < -0.3 is 10.6 Å². The molecule has 0 radical (unpaired) electrons. The lowest BCUT2D eigenvalue weighted by Gasteiger charge is -2.28. The molecule has 96 valence electrons. The van der Waals surface area contributed by atoms with Gasteiger partial charge in [0.2, 0.25) is 0 Å². The van der Waals surface area contributed by atoms with Crippen molar-refractivity contribution in [3.05, 3.63) is 64.2 Å². The van der Waals surface area contributed by atoms with Crippen molar-refractivity contribution in [2.45, 2.75) is 13.1 Å². The molecule has 0 aliphatic carbocycles. The molecular weight excluding hydrogens is 260 g/mol. The van der Waals surface area contributed by atoms with Crippen LogP contribution in [0.1, 0.15) is 27.7 Å². The van der Waals surface area contributed by atoms with Gasteiger partial charge in [-0.3, -0.25) is 4.79 Å². The molecule has 1 unspecified atom stereocenters. The predicted octanol–water partition coefficient (Wildman–Crippen LogP) is 3.50. The molecule has 2 aromatic carbocycles. The lowest BCUT2D eigenvalue weighted by atomic mass is 10.0. The summed E-state index contributed by atoms with van der Waals surface area (Å²) in [6.07, 6.45) is -0.207. The van der Waals surface area contributed by atoms with Crippen molar-refractivity contribution in [3.8, 4) is 0 Å². The van der Waals surface area contributed by atoms with E-state index >= 15 is 0 Å². The van der Waals surface area contributed by atoms with Crippen LogP contribution >= 0.6 is 11.6 Å². The topological polar surface area (TPSA) is 41.1 Å². The van der Waals surface area contributed by atoms with Gasteiger partial charge in [0, 0.05) is 10.7 Å². The number of benzene rings is 2. The summed E-state index contributed by atoms with van der Waals surface area (Å²) in [5.74, 6) is -0.109. The second-order valence-electron chi connectivity index (χ2n) is 4.65. The minimum absolute atomic E-state index is 0.109. The van der Waals surface area contributed by atoms with E-state index < -0.39 is 0 Å². The fraction of sp³-hybridized carbons (Fsp3) is 0.133. The normalized spacial score (nSPS) is 17.4. The van der Waals surface area contributed by atoms with Crippen LogP contribution in [0, 0.1) is 6.92 Å². The number of hydrogen-bond donors (Lipinski definition) is 2. The van der Waals surface area contributed by atoms with E-state index in [0.717, 1.165) is 11.3 Å². The number of aryl methyl sites for hydroxylation is 1. The van der Waals surface area contributed by atoms with Gasteiger partial charge in [0.15, 0.2) is 0 Å². The summed E-state index contributed by atoms with van der Waals surface area (Å²) in [5, 5.41) is 6.79. The van der Waals surface area contributed by atoms with Gasteiger partial charge in [0.25, 0.3) is 5.91 Å². The third kappa shape index (κ3) is 2.29. The van der Waals surface area contributed by atoms with Gasteiger partial charge in [-0.05, 0) is 30.7 Å². The Morgan fingerprint density at radius 2 is 1.79 bits per heavy atom. The van der Waals surface area contributed by atoms with Crippen LogP contribution < -0.4 is 10.6 Å². The summed E-state index contributed by atoms with van der Waals surface area (Å²) in [5.41, 5.74) is 3.60. The Hall–Kier alpha value is -2.00. The third-order valence-corrected chi connectivity index (χ3v) is 3.45. The van der Waals surface area contributed by atoms with Crippen LogP contribution in [0.2, 0.25) is 5.02 Å². The molecule has 4 heteroatoms. The number of nitrogens with one attached hydrogen (secondary N) is 2. The van der Waals surface area contributed by atoms with Crippen molar-refractivity contribution in [1.29, 1.82) is 0 Å². The van der Waals surface area contributed by atoms with E-state index in [0.29, 0.717) is 10.6 Å². The Morgan fingerprint density at radius 1 is 1.05 bits per heavy atom. The van der Waals surface area contributed by atoms with Crippen molar-refractivity contribution < 1.29 is 4.79 Å². The van der Waals surface area contributed by atoms with Crippen LogP contribution in [0.25, 0.3) is 0 Å². The van der Waals surface area contributed by atoms with E-state index in [-0.39, 0.29) is 12.1 Å². The largest absolute Gasteiger partial charge is 0.361 e. The van der Waals surface area contributed by atoms with Crippen molar-refractivity contribution in [2.24, 2.45) is 0 Å². The van der Waals surface area contributed by atoms with Crippen molar-refractivity contribution in [2.75, 3.05) is 5.32 Å². The molecule has 1 aliphatic rings. The first-order valence-corrected chi connectivity index (χ1v) is 6.45. The van der Waals surface area contributed by atoms with Gasteiger partial charge in [-0.1, -0.05) is 41.4 Å². The van der Waals surface area contributed by atoms with Crippen molar-refractivity contribution in [1.82, 2.24) is 5.32 Å². The number of rotatable bonds is 1. The van der Waals surface area contributed by atoms with Crippen LogP contribution in [0.4, 0.5) is 5.69 Å². The summed E-state index contributed by atoms with van der Waals surface area (Å²) in [4.78, 5) is 12.1. The van der Waals surface area contributed by atoms with Crippen LogP contribution in [-0.4, -0.2) is 5.91 Å². The minimum atomic E-state index is -0.207. The molecular formula is C15H13ClN2O. The molecule has 19 heavy (non-hydrogen) atoms. The molecule has 3 rings (SSSR count). The molecule has 0 spiro atoms. The number of amides is 1. The van der Waals surface area contributed by atoms with E-state index in [9.17, 15) is 4.79 Å². The summed E-state index contributed by atoms with van der Waals surface area (Å²) < 4.78 is 0. The SMILES string of the molecule is Cc1ccc(C2NC(=O)c3cc(Cl)ccc3N2)cc1. The van der Waals surface area contributed by atoms with Crippen molar-refractivity contribution in [3.63, 3.8) is 0 Å². The summed E-state index contributed by atoms with van der Waals surface area (Å²) in [6.45, 7) is 2.04. The second kappa shape index (κ2) is 4.59. The highest BCUT2D eigenvalue weighted by molar-refractivity contribution is 6.31. The summed E-state index contributed by atoms with van der Waals surface area (Å²) in [7, 11) is 0. The molecule has 1 amide bonds. The monoisotopic (exact) mass is 272 g/mol. The van der Waals surface area contributed by atoms with E-state index in [1.54, 1.807) is 12.1 Å². The van der Waals surface area contributed by atoms with Gasteiger partial charge in [0.1, 0.15) is 6.17 Å². The molecule has 3 nitrogen and oxygen atoms in total. The molecule has 2 aromatic rings. The summed E-state index contributed by atoms with van der Waals surface area (Å²) >= 11 is 5.90. The highest BCUT2D eigenvalue weighted by Gasteiger charge is 2.24. The van der Waals surface area contributed by atoms with Crippen LogP contribution in [0.15, 0.2) is 42.5 Å². The van der Waals surface area contributed by atoms with Gasteiger partial charge in [0.05, 0.1) is 5.56 Å². The molecule has 1 heterocycles. The zero-order valence-corrected chi connectivity index (χ0v) is 11.2. The molecule has 0 saturated heterocycles.